The monoisotopic (exact) mass is 588 g/mol. The van der Waals surface area contributed by atoms with E-state index >= 15 is 0 Å². The topological polar surface area (TPSA) is 155 Å². The minimum Gasteiger partial charge on any atom is -0.508 e. The number of methoxy groups -OCH3 is 1. The molecule has 0 fully saturated rings. The lowest BCUT2D eigenvalue weighted by Gasteiger charge is -2.18. The van der Waals surface area contributed by atoms with E-state index in [0.717, 1.165) is 24.0 Å². The van der Waals surface area contributed by atoms with Crippen LogP contribution >= 0.6 is 11.3 Å². The summed E-state index contributed by atoms with van der Waals surface area (Å²) < 4.78 is 4.85. The number of aryl methyl sites for hydroxylation is 3. The van der Waals surface area contributed by atoms with Crippen LogP contribution < -0.4 is 16.0 Å². The van der Waals surface area contributed by atoms with E-state index in [0.29, 0.717) is 28.9 Å². The molecule has 1 atom stereocenters. The number of phenolic OH excluding ortho intramolecular Hbond substituents is 1. The number of benzene rings is 2. The van der Waals surface area contributed by atoms with E-state index in [9.17, 15) is 19.5 Å². The third kappa shape index (κ3) is 7.88. The fourth-order valence-electron chi connectivity index (χ4n) is 4.27. The molecule has 2 aromatic carbocycles. The molecule has 0 aliphatic carbocycles. The fraction of sp³-hybridized carbons (Fsp3) is 0.267. The minimum absolute atomic E-state index is 0.201. The second-order valence-corrected chi connectivity index (χ2v) is 10.3. The molecule has 11 nitrogen and oxygen atoms in total. The Morgan fingerprint density at radius 1 is 0.976 bits per heavy atom. The van der Waals surface area contributed by atoms with Crippen LogP contribution in [0.1, 0.15) is 44.2 Å². The summed E-state index contributed by atoms with van der Waals surface area (Å²) in [5.41, 5.74) is 3.21. The van der Waals surface area contributed by atoms with E-state index in [4.69, 9.17) is 4.74 Å². The van der Waals surface area contributed by atoms with Crippen molar-refractivity contribution in [1.82, 2.24) is 25.6 Å². The number of rotatable bonds is 12. The van der Waals surface area contributed by atoms with E-state index < -0.39 is 23.8 Å². The number of aromatic nitrogens is 3. The molecule has 2 amide bonds. The van der Waals surface area contributed by atoms with Gasteiger partial charge in [-0.3, -0.25) is 9.59 Å². The van der Waals surface area contributed by atoms with E-state index in [1.807, 2.05) is 36.4 Å². The molecular weight excluding hydrogens is 556 g/mol. The van der Waals surface area contributed by atoms with Crippen molar-refractivity contribution in [2.75, 3.05) is 25.5 Å². The van der Waals surface area contributed by atoms with Crippen LogP contribution in [-0.2, 0) is 16.0 Å². The normalized spacial score (nSPS) is 11.4. The van der Waals surface area contributed by atoms with Crippen molar-refractivity contribution in [2.24, 2.45) is 0 Å². The van der Waals surface area contributed by atoms with Crippen molar-refractivity contribution in [3.05, 3.63) is 88.2 Å². The zero-order valence-corrected chi connectivity index (χ0v) is 24.3. The summed E-state index contributed by atoms with van der Waals surface area (Å²) in [7, 11) is 1.20. The van der Waals surface area contributed by atoms with Gasteiger partial charge in [-0.15, -0.1) is 11.3 Å². The number of hydrogen-bond donors (Lipinski definition) is 4. The molecule has 0 saturated carbocycles. The van der Waals surface area contributed by atoms with Gasteiger partial charge in [-0.05, 0) is 44.4 Å². The first-order chi connectivity index (χ1) is 20.2. The van der Waals surface area contributed by atoms with Crippen LogP contribution in [0.2, 0.25) is 0 Å². The maximum atomic E-state index is 13.2. The number of thiazole rings is 1. The van der Waals surface area contributed by atoms with Gasteiger partial charge in [0.15, 0.2) is 0 Å². The van der Waals surface area contributed by atoms with E-state index in [1.165, 1.54) is 18.4 Å². The summed E-state index contributed by atoms with van der Waals surface area (Å²) in [6.45, 7) is 3.76. The Kier molecular flexibility index (Phi) is 10.2. The van der Waals surface area contributed by atoms with Gasteiger partial charge < -0.3 is 25.8 Å². The molecule has 4 N–H and O–H groups in total. The van der Waals surface area contributed by atoms with Gasteiger partial charge in [0.2, 0.25) is 5.95 Å². The zero-order valence-electron chi connectivity index (χ0n) is 23.5. The van der Waals surface area contributed by atoms with Crippen molar-refractivity contribution in [2.45, 2.75) is 32.7 Å². The van der Waals surface area contributed by atoms with Crippen LogP contribution in [0.15, 0.2) is 60.0 Å². The average molecular weight is 589 g/mol. The van der Waals surface area contributed by atoms with Gasteiger partial charge in [0.05, 0.1) is 24.1 Å². The highest BCUT2D eigenvalue weighted by Crippen LogP contribution is 2.23. The van der Waals surface area contributed by atoms with Crippen LogP contribution in [0.25, 0.3) is 10.6 Å². The molecule has 4 rings (SSSR count). The molecule has 0 saturated heterocycles. The summed E-state index contributed by atoms with van der Waals surface area (Å²) >= 11 is 1.33. The number of hydrogen-bond acceptors (Lipinski definition) is 10. The lowest BCUT2D eigenvalue weighted by atomic mass is 10.1. The molecule has 0 spiro atoms. The average Bonchev–Trinajstić information content (AvgIpc) is 3.48. The minimum atomic E-state index is -1.15. The number of esters is 1. The quantitative estimate of drug-likeness (QED) is 0.143. The smallest absolute Gasteiger partial charge is 0.330 e. The standard InChI is InChI=1S/C30H32N6O5S/c1-18-25(19(2)34-30(33-18)31-14-8-10-20-9-7-13-22(37)15-20)27(39)35-23(29(40)41-3)16-32-26(38)24-17-42-28(36-24)21-11-5-4-6-12-21/h4-7,9,11-13,15,17,23,37H,8,10,14,16H2,1-3H3,(H,32,38)(H,35,39)(H,31,33,34). The third-order valence-corrected chi connectivity index (χ3v) is 7.24. The Bertz CT molecular complexity index is 1540. The number of amides is 2. The second kappa shape index (κ2) is 14.2. The van der Waals surface area contributed by atoms with Gasteiger partial charge in [-0.1, -0.05) is 42.5 Å². The Morgan fingerprint density at radius 3 is 2.40 bits per heavy atom. The summed E-state index contributed by atoms with van der Waals surface area (Å²) in [5.74, 6) is -1.14. The fourth-order valence-corrected chi connectivity index (χ4v) is 5.08. The zero-order chi connectivity index (χ0) is 30.1. The highest BCUT2D eigenvalue weighted by atomic mass is 32.1. The molecular formula is C30H32N6O5S. The van der Waals surface area contributed by atoms with Gasteiger partial charge >= 0.3 is 5.97 Å². The lowest BCUT2D eigenvalue weighted by Crippen LogP contribution is -2.49. The Labute approximate surface area is 247 Å². The number of nitrogens with one attached hydrogen (secondary N) is 3. The van der Waals surface area contributed by atoms with Crippen molar-refractivity contribution in [3.8, 4) is 16.3 Å². The number of aromatic hydroxyl groups is 1. The van der Waals surface area contributed by atoms with Crippen molar-refractivity contribution < 1.29 is 24.2 Å². The Morgan fingerprint density at radius 2 is 1.71 bits per heavy atom. The largest absolute Gasteiger partial charge is 0.508 e. The predicted octanol–water partition coefficient (Wildman–Crippen LogP) is 3.67. The number of carbonyl (C=O) groups is 3. The third-order valence-electron chi connectivity index (χ3n) is 6.35. The van der Waals surface area contributed by atoms with Gasteiger partial charge in [-0.2, -0.15) is 0 Å². The molecule has 0 bridgehead atoms. The number of nitrogens with zero attached hydrogens (tertiary/aromatic N) is 3. The molecule has 0 aliphatic rings. The summed E-state index contributed by atoms with van der Waals surface area (Å²) in [6, 6.07) is 15.4. The van der Waals surface area contributed by atoms with E-state index in [2.05, 4.69) is 30.9 Å². The molecule has 2 heterocycles. The van der Waals surface area contributed by atoms with E-state index in [1.54, 1.807) is 37.4 Å². The van der Waals surface area contributed by atoms with E-state index in [-0.39, 0.29) is 23.6 Å². The van der Waals surface area contributed by atoms with Crippen LogP contribution in [-0.4, -0.2) is 64.1 Å². The first-order valence-corrected chi connectivity index (χ1v) is 14.2. The molecule has 12 heteroatoms. The lowest BCUT2D eigenvalue weighted by molar-refractivity contribution is -0.142. The molecule has 2 aromatic heterocycles. The van der Waals surface area contributed by atoms with Crippen molar-refractivity contribution in [1.29, 1.82) is 0 Å². The summed E-state index contributed by atoms with van der Waals surface area (Å²) in [6.07, 6.45) is 1.55. The molecule has 218 valence electrons. The number of ether oxygens (including phenoxy) is 1. The maximum absolute atomic E-state index is 13.2. The molecule has 42 heavy (non-hydrogen) atoms. The SMILES string of the molecule is COC(=O)C(CNC(=O)c1csc(-c2ccccc2)n1)NC(=O)c1c(C)nc(NCCCc2cccc(O)c2)nc1C. The first-order valence-electron chi connectivity index (χ1n) is 13.3. The summed E-state index contributed by atoms with van der Waals surface area (Å²) in [4.78, 5) is 51.6. The van der Waals surface area contributed by atoms with Gasteiger partial charge in [0.1, 0.15) is 22.5 Å². The number of phenols is 1. The number of anilines is 1. The van der Waals surface area contributed by atoms with Crippen molar-refractivity contribution in [3.63, 3.8) is 0 Å². The Hall–Kier alpha value is -4.84. The van der Waals surface area contributed by atoms with Crippen LogP contribution in [0, 0.1) is 13.8 Å². The highest BCUT2D eigenvalue weighted by molar-refractivity contribution is 7.13. The van der Waals surface area contributed by atoms with Crippen LogP contribution in [0.4, 0.5) is 5.95 Å². The first kappa shape index (κ1) is 30.1. The molecule has 4 aromatic rings. The predicted molar refractivity (Wildman–Crippen MR) is 160 cm³/mol. The maximum Gasteiger partial charge on any atom is 0.330 e. The van der Waals surface area contributed by atoms with Gasteiger partial charge in [0, 0.05) is 24.0 Å². The van der Waals surface area contributed by atoms with Crippen LogP contribution in [0.3, 0.4) is 0 Å². The number of carbonyl (C=O) groups excluding carboxylic acids is 3. The van der Waals surface area contributed by atoms with Gasteiger partial charge in [-0.25, -0.2) is 19.7 Å². The highest BCUT2D eigenvalue weighted by Gasteiger charge is 2.26. The second-order valence-electron chi connectivity index (χ2n) is 9.46. The Balaban J connectivity index is 1.34. The van der Waals surface area contributed by atoms with Crippen molar-refractivity contribution >= 4 is 35.1 Å². The van der Waals surface area contributed by atoms with Gasteiger partial charge in [0.25, 0.3) is 11.8 Å². The molecule has 0 radical (unpaired) electrons. The summed E-state index contributed by atoms with van der Waals surface area (Å²) in [5, 5.41) is 20.4. The molecule has 1 unspecified atom stereocenters. The molecule has 0 aliphatic heterocycles. The van der Waals surface area contributed by atoms with Crippen LogP contribution in [0.5, 0.6) is 5.75 Å².